The van der Waals surface area contributed by atoms with Crippen LogP contribution >= 0.6 is 0 Å². The first-order chi connectivity index (χ1) is 11.3. The maximum atomic E-state index is 12.2. The topological polar surface area (TPSA) is 113 Å². The summed E-state index contributed by atoms with van der Waals surface area (Å²) in [6.07, 6.45) is 2.04. The molecule has 1 fully saturated rings. The summed E-state index contributed by atoms with van der Waals surface area (Å²) in [6.45, 7) is 1.73. The van der Waals surface area contributed by atoms with E-state index >= 15 is 0 Å². The summed E-state index contributed by atoms with van der Waals surface area (Å²) in [7, 11) is -3.26. The van der Waals surface area contributed by atoms with Crippen molar-refractivity contribution in [3.63, 3.8) is 0 Å². The summed E-state index contributed by atoms with van der Waals surface area (Å²) < 4.78 is 25.3. The lowest BCUT2D eigenvalue weighted by Gasteiger charge is -2.17. The van der Waals surface area contributed by atoms with Crippen LogP contribution < -0.4 is 10.0 Å². The number of carboxylic acids is 1. The summed E-state index contributed by atoms with van der Waals surface area (Å²) in [5, 5.41) is 11.9. The van der Waals surface area contributed by atoms with Crippen LogP contribution in [-0.2, 0) is 21.4 Å². The first kappa shape index (κ1) is 18.4. The minimum Gasteiger partial charge on any atom is -0.481 e. The quantitative estimate of drug-likeness (QED) is 0.679. The minimum absolute atomic E-state index is 0.0135. The van der Waals surface area contributed by atoms with E-state index in [1.165, 1.54) is 0 Å². The van der Waals surface area contributed by atoms with Crippen LogP contribution in [0.1, 0.15) is 42.1 Å². The van der Waals surface area contributed by atoms with E-state index in [2.05, 4.69) is 10.0 Å². The van der Waals surface area contributed by atoms with Crippen molar-refractivity contribution in [2.24, 2.45) is 5.92 Å². The standard InChI is InChI=1S/C16H22N2O5S/c1-2-24(22,23)17-10-11-6-8-12(9-7-11)15(19)18-14-5-3-4-13(14)16(20)21/h6-9,13-14,17H,2-5,10H2,1H3,(H,18,19)(H,20,21)/t13-,14+/m0/s1. The normalized spacial score (nSPS) is 20.7. The Morgan fingerprint density at radius 3 is 2.46 bits per heavy atom. The van der Waals surface area contributed by atoms with E-state index in [1.54, 1.807) is 31.2 Å². The molecule has 0 bridgehead atoms. The van der Waals surface area contributed by atoms with Crippen molar-refractivity contribution in [1.29, 1.82) is 0 Å². The molecule has 24 heavy (non-hydrogen) atoms. The fourth-order valence-corrected chi connectivity index (χ4v) is 3.34. The highest BCUT2D eigenvalue weighted by molar-refractivity contribution is 7.89. The number of hydrogen-bond acceptors (Lipinski definition) is 4. The first-order valence-corrected chi connectivity index (χ1v) is 9.57. The van der Waals surface area contributed by atoms with Gasteiger partial charge in [-0.3, -0.25) is 9.59 Å². The van der Waals surface area contributed by atoms with E-state index in [1.807, 2.05) is 0 Å². The fraction of sp³-hybridized carbons (Fsp3) is 0.500. The zero-order valence-electron chi connectivity index (χ0n) is 13.5. The molecule has 2 rings (SSSR count). The molecule has 1 aromatic rings. The molecule has 3 N–H and O–H groups in total. The number of rotatable bonds is 7. The average Bonchev–Trinajstić information content (AvgIpc) is 3.02. The Kier molecular flexibility index (Phi) is 5.95. The highest BCUT2D eigenvalue weighted by Crippen LogP contribution is 2.26. The van der Waals surface area contributed by atoms with Crippen LogP contribution in [0.4, 0.5) is 0 Å². The van der Waals surface area contributed by atoms with Crippen molar-refractivity contribution in [2.75, 3.05) is 5.75 Å². The van der Waals surface area contributed by atoms with Gasteiger partial charge < -0.3 is 10.4 Å². The molecule has 1 aromatic carbocycles. The summed E-state index contributed by atoms with van der Waals surface area (Å²) in [4.78, 5) is 23.4. The van der Waals surface area contributed by atoms with Crippen molar-refractivity contribution in [2.45, 2.75) is 38.8 Å². The Morgan fingerprint density at radius 2 is 1.88 bits per heavy atom. The third-order valence-corrected chi connectivity index (χ3v) is 5.59. The van der Waals surface area contributed by atoms with E-state index in [4.69, 9.17) is 5.11 Å². The lowest BCUT2D eigenvalue weighted by molar-refractivity contribution is -0.142. The van der Waals surface area contributed by atoms with Gasteiger partial charge in [-0.05, 0) is 37.5 Å². The molecule has 1 aliphatic carbocycles. The van der Waals surface area contributed by atoms with Crippen LogP contribution in [0.5, 0.6) is 0 Å². The molecule has 0 radical (unpaired) electrons. The predicted molar refractivity (Wildman–Crippen MR) is 89.0 cm³/mol. The molecule has 0 aliphatic heterocycles. The molecule has 132 valence electrons. The highest BCUT2D eigenvalue weighted by Gasteiger charge is 2.33. The van der Waals surface area contributed by atoms with Gasteiger partial charge in [0, 0.05) is 18.2 Å². The summed E-state index contributed by atoms with van der Waals surface area (Å²) in [5.41, 5.74) is 1.17. The van der Waals surface area contributed by atoms with E-state index in [9.17, 15) is 18.0 Å². The lowest BCUT2D eigenvalue weighted by atomic mass is 10.0. The molecule has 8 heteroatoms. The number of benzene rings is 1. The van der Waals surface area contributed by atoms with Crippen molar-refractivity contribution in [3.05, 3.63) is 35.4 Å². The van der Waals surface area contributed by atoms with Gasteiger partial charge in [0.05, 0.1) is 11.7 Å². The number of nitrogens with one attached hydrogen (secondary N) is 2. The van der Waals surface area contributed by atoms with Crippen molar-refractivity contribution < 1.29 is 23.1 Å². The van der Waals surface area contributed by atoms with Crippen LogP contribution in [0.2, 0.25) is 0 Å². The Labute approximate surface area is 141 Å². The molecule has 7 nitrogen and oxygen atoms in total. The monoisotopic (exact) mass is 354 g/mol. The number of hydrogen-bond donors (Lipinski definition) is 3. The second kappa shape index (κ2) is 7.76. The van der Waals surface area contributed by atoms with E-state index in [-0.39, 0.29) is 24.2 Å². The van der Waals surface area contributed by atoms with E-state index in [0.717, 1.165) is 12.0 Å². The SMILES string of the molecule is CCS(=O)(=O)NCc1ccc(C(=O)N[C@@H]2CCC[C@@H]2C(=O)O)cc1. The van der Waals surface area contributed by atoms with E-state index < -0.39 is 21.9 Å². The van der Waals surface area contributed by atoms with Crippen molar-refractivity contribution in [3.8, 4) is 0 Å². The van der Waals surface area contributed by atoms with Crippen LogP contribution in [0, 0.1) is 5.92 Å². The number of carbonyl (C=O) groups excluding carboxylic acids is 1. The molecule has 0 spiro atoms. The number of carboxylic acid groups (broad SMARTS) is 1. The molecule has 0 heterocycles. The van der Waals surface area contributed by atoms with Gasteiger partial charge >= 0.3 is 5.97 Å². The fourth-order valence-electron chi connectivity index (χ4n) is 2.75. The van der Waals surface area contributed by atoms with Gasteiger partial charge in [-0.25, -0.2) is 13.1 Å². The molecule has 0 unspecified atom stereocenters. The molecule has 2 atom stereocenters. The minimum atomic E-state index is -3.26. The predicted octanol–water partition coefficient (Wildman–Crippen LogP) is 1.11. The average molecular weight is 354 g/mol. The summed E-state index contributed by atoms with van der Waals surface area (Å²) >= 11 is 0. The van der Waals surface area contributed by atoms with E-state index in [0.29, 0.717) is 18.4 Å². The maximum absolute atomic E-state index is 12.2. The number of carbonyl (C=O) groups is 2. The Bertz CT molecular complexity index is 700. The molecular formula is C16H22N2O5S. The molecule has 1 saturated carbocycles. The van der Waals surface area contributed by atoms with Crippen LogP contribution in [-0.4, -0.2) is 37.2 Å². The van der Waals surface area contributed by atoms with Crippen LogP contribution in [0.3, 0.4) is 0 Å². The van der Waals surface area contributed by atoms with Gasteiger partial charge in [-0.2, -0.15) is 0 Å². The molecular weight excluding hydrogens is 332 g/mol. The molecule has 0 aromatic heterocycles. The van der Waals surface area contributed by atoms with Gasteiger partial charge in [0.1, 0.15) is 0 Å². The highest BCUT2D eigenvalue weighted by atomic mass is 32.2. The summed E-state index contributed by atoms with van der Waals surface area (Å²) in [5.74, 6) is -1.71. The second-order valence-electron chi connectivity index (χ2n) is 5.88. The Hall–Kier alpha value is -1.93. The first-order valence-electron chi connectivity index (χ1n) is 7.92. The summed E-state index contributed by atoms with van der Waals surface area (Å²) in [6, 6.07) is 6.23. The van der Waals surface area contributed by atoms with Crippen molar-refractivity contribution >= 4 is 21.9 Å². The number of sulfonamides is 1. The van der Waals surface area contributed by atoms with Gasteiger partial charge in [-0.1, -0.05) is 18.6 Å². The Morgan fingerprint density at radius 1 is 1.21 bits per heavy atom. The second-order valence-corrected chi connectivity index (χ2v) is 7.97. The van der Waals surface area contributed by atoms with Crippen LogP contribution in [0.15, 0.2) is 24.3 Å². The van der Waals surface area contributed by atoms with Gasteiger partial charge in [0.25, 0.3) is 5.91 Å². The van der Waals surface area contributed by atoms with Gasteiger partial charge in [0.2, 0.25) is 10.0 Å². The Balaban J connectivity index is 1.95. The smallest absolute Gasteiger partial charge is 0.308 e. The zero-order valence-corrected chi connectivity index (χ0v) is 14.3. The van der Waals surface area contributed by atoms with Gasteiger partial charge in [-0.15, -0.1) is 0 Å². The maximum Gasteiger partial charge on any atom is 0.308 e. The number of amides is 1. The molecule has 0 saturated heterocycles. The third kappa shape index (κ3) is 4.78. The molecule has 1 amide bonds. The lowest BCUT2D eigenvalue weighted by Crippen LogP contribution is -2.40. The molecule has 1 aliphatic rings. The largest absolute Gasteiger partial charge is 0.481 e. The van der Waals surface area contributed by atoms with Crippen molar-refractivity contribution in [1.82, 2.24) is 10.0 Å². The third-order valence-electron chi connectivity index (χ3n) is 4.24. The van der Waals surface area contributed by atoms with Crippen LogP contribution in [0.25, 0.3) is 0 Å². The number of aliphatic carboxylic acids is 1. The van der Waals surface area contributed by atoms with Gasteiger partial charge in [0.15, 0.2) is 0 Å². The zero-order chi connectivity index (χ0) is 17.7.